The molecule has 3 nitrogen and oxygen atoms in total. The first-order valence-corrected chi connectivity index (χ1v) is 3.20. The summed E-state index contributed by atoms with van der Waals surface area (Å²) in [6.45, 7) is 1.84. The van der Waals surface area contributed by atoms with E-state index in [0.717, 1.165) is 0 Å². The lowest BCUT2D eigenvalue weighted by Crippen LogP contribution is -2.33. The highest BCUT2D eigenvalue weighted by Crippen LogP contribution is 2.16. The lowest BCUT2D eigenvalue weighted by Gasteiger charge is -2.27. The minimum atomic E-state index is -0.760. The second-order valence-corrected chi connectivity index (χ2v) is 2.53. The number of aliphatic hydroxyl groups excluding tert-OH is 2. The van der Waals surface area contributed by atoms with Crippen molar-refractivity contribution >= 4 is 0 Å². The van der Waals surface area contributed by atoms with Crippen molar-refractivity contribution in [1.29, 1.82) is 0 Å². The maximum Gasteiger partial charge on any atom is 0.157 e. The largest absolute Gasteiger partial charge is 0.393 e. The Labute approximate surface area is 54.3 Å². The molecule has 0 spiro atoms. The molecular formula is C6H12O3. The lowest BCUT2D eigenvalue weighted by molar-refractivity contribution is -0.183. The van der Waals surface area contributed by atoms with E-state index in [1.165, 1.54) is 0 Å². The third kappa shape index (κ3) is 1.93. The van der Waals surface area contributed by atoms with Crippen LogP contribution in [0.25, 0.3) is 0 Å². The Hall–Kier alpha value is -0.120. The van der Waals surface area contributed by atoms with Gasteiger partial charge in [0.15, 0.2) is 6.29 Å². The van der Waals surface area contributed by atoms with Crippen molar-refractivity contribution in [2.24, 2.45) is 0 Å². The second-order valence-electron chi connectivity index (χ2n) is 2.53. The van der Waals surface area contributed by atoms with E-state index in [2.05, 4.69) is 0 Å². The standard InChI is InChI=1S/C6H12O3/c1-4-2-5(7)3-6(8)9-4/h4-8H,2-3H2,1H3/t4?,5-,6+/m0/s1. The van der Waals surface area contributed by atoms with Crippen LogP contribution in [0.1, 0.15) is 19.8 Å². The van der Waals surface area contributed by atoms with Gasteiger partial charge in [0, 0.05) is 6.42 Å². The maximum absolute atomic E-state index is 9.01. The number of rotatable bonds is 0. The average Bonchev–Trinajstić information content (AvgIpc) is 1.59. The Morgan fingerprint density at radius 1 is 1.33 bits per heavy atom. The van der Waals surface area contributed by atoms with E-state index in [4.69, 9.17) is 14.9 Å². The Kier molecular flexibility index (Phi) is 2.05. The van der Waals surface area contributed by atoms with Crippen LogP contribution in [-0.4, -0.2) is 28.7 Å². The number of aliphatic hydroxyl groups is 2. The smallest absolute Gasteiger partial charge is 0.157 e. The van der Waals surface area contributed by atoms with Crippen LogP contribution in [0.4, 0.5) is 0 Å². The van der Waals surface area contributed by atoms with Gasteiger partial charge in [0.1, 0.15) is 0 Å². The van der Waals surface area contributed by atoms with Crippen molar-refractivity contribution in [2.75, 3.05) is 0 Å². The van der Waals surface area contributed by atoms with Gasteiger partial charge in [-0.25, -0.2) is 0 Å². The third-order valence-corrected chi connectivity index (χ3v) is 1.47. The third-order valence-electron chi connectivity index (χ3n) is 1.47. The predicted octanol–water partition coefficient (Wildman–Crippen LogP) is -0.135. The molecule has 54 valence electrons. The van der Waals surface area contributed by atoms with E-state index in [9.17, 15) is 0 Å². The van der Waals surface area contributed by atoms with Gasteiger partial charge >= 0.3 is 0 Å². The van der Waals surface area contributed by atoms with Crippen LogP contribution in [0.2, 0.25) is 0 Å². The summed E-state index contributed by atoms with van der Waals surface area (Å²) in [6, 6.07) is 0. The minimum Gasteiger partial charge on any atom is -0.393 e. The molecule has 0 aromatic rings. The van der Waals surface area contributed by atoms with Gasteiger partial charge in [0.05, 0.1) is 12.2 Å². The normalized spacial score (nSPS) is 45.0. The molecule has 3 atom stereocenters. The van der Waals surface area contributed by atoms with Crippen LogP contribution in [0, 0.1) is 0 Å². The molecule has 0 amide bonds. The molecule has 9 heavy (non-hydrogen) atoms. The topological polar surface area (TPSA) is 49.7 Å². The highest BCUT2D eigenvalue weighted by atomic mass is 16.6. The molecule has 1 saturated heterocycles. The van der Waals surface area contributed by atoms with Crippen molar-refractivity contribution in [2.45, 2.75) is 38.3 Å². The van der Waals surface area contributed by atoms with Crippen LogP contribution in [0.5, 0.6) is 0 Å². The summed E-state index contributed by atoms with van der Waals surface area (Å²) in [5, 5.41) is 17.9. The summed E-state index contributed by atoms with van der Waals surface area (Å²) in [7, 11) is 0. The molecular weight excluding hydrogens is 120 g/mol. The van der Waals surface area contributed by atoms with Gasteiger partial charge in [0.25, 0.3) is 0 Å². The van der Waals surface area contributed by atoms with Gasteiger partial charge in [0.2, 0.25) is 0 Å². The van der Waals surface area contributed by atoms with Crippen LogP contribution in [0.15, 0.2) is 0 Å². The van der Waals surface area contributed by atoms with Crippen molar-refractivity contribution in [3.05, 3.63) is 0 Å². The van der Waals surface area contributed by atoms with E-state index in [1.807, 2.05) is 6.92 Å². The SMILES string of the molecule is CC1C[C@H](O)C[C@H](O)O1. The minimum absolute atomic E-state index is 0.0104. The molecule has 0 aromatic carbocycles. The van der Waals surface area contributed by atoms with E-state index in [1.54, 1.807) is 0 Å². The fourth-order valence-electron chi connectivity index (χ4n) is 1.09. The van der Waals surface area contributed by atoms with E-state index in [-0.39, 0.29) is 12.2 Å². The molecule has 0 saturated carbocycles. The zero-order valence-electron chi connectivity index (χ0n) is 5.45. The molecule has 3 heteroatoms. The summed E-state index contributed by atoms with van der Waals surface area (Å²) >= 11 is 0. The lowest BCUT2D eigenvalue weighted by atomic mass is 10.1. The second kappa shape index (κ2) is 2.64. The first kappa shape index (κ1) is 6.99. The van der Waals surface area contributed by atoms with Crippen molar-refractivity contribution in [3.63, 3.8) is 0 Å². The summed E-state index contributed by atoms with van der Waals surface area (Å²) in [4.78, 5) is 0. The van der Waals surface area contributed by atoms with Gasteiger partial charge in [-0.2, -0.15) is 0 Å². The Morgan fingerprint density at radius 3 is 2.44 bits per heavy atom. The van der Waals surface area contributed by atoms with E-state index < -0.39 is 6.29 Å². The Morgan fingerprint density at radius 2 is 2.00 bits per heavy atom. The molecule has 0 bridgehead atoms. The zero-order valence-corrected chi connectivity index (χ0v) is 5.45. The molecule has 1 rings (SSSR count). The molecule has 1 aliphatic heterocycles. The molecule has 1 fully saturated rings. The maximum atomic E-state index is 9.01. The molecule has 0 aliphatic carbocycles. The molecule has 2 N–H and O–H groups in total. The predicted molar refractivity (Wildman–Crippen MR) is 31.8 cm³/mol. The van der Waals surface area contributed by atoms with Crippen LogP contribution in [-0.2, 0) is 4.74 Å². The number of hydrogen-bond donors (Lipinski definition) is 2. The van der Waals surface area contributed by atoms with Crippen LogP contribution < -0.4 is 0 Å². The van der Waals surface area contributed by atoms with E-state index in [0.29, 0.717) is 12.8 Å². The molecule has 1 aliphatic rings. The van der Waals surface area contributed by atoms with Gasteiger partial charge in [-0.3, -0.25) is 0 Å². The highest BCUT2D eigenvalue weighted by Gasteiger charge is 2.23. The van der Waals surface area contributed by atoms with Crippen LogP contribution >= 0.6 is 0 Å². The number of hydrogen-bond acceptors (Lipinski definition) is 3. The Bertz CT molecular complexity index is 69.3. The molecule has 0 aromatic heterocycles. The van der Waals surface area contributed by atoms with Crippen molar-refractivity contribution in [1.82, 2.24) is 0 Å². The molecule has 0 radical (unpaired) electrons. The van der Waals surface area contributed by atoms with Gasteiger partial charge < -0.3 is 14.9 Å². The first-order valence-electron chi connectivity index (χ1n) is 3.20. The summed E-state index contributed by atoms with van der Waals surface area (Å²) in [6.07, 6.45) is -0.169. The fraction of sp³-hybridized carbons (Fsp3) is 1.00. The summed E-state index contributed by atoms with van der Waals surface area (Å²) < 4.78 is 4.95. The van der Waals surface area contributed by atoms with Crippen molar-refractivity contribution in [3.8, 4) is 0 Å². The highest BCUT2D eigenvalue weighted by molar-refractivity contribution is 4.68. The van der Waals surface area contributed by atoms with Crippen molar-refractivity contribution < 1.29 is 14.9 Å². The quantitative estimate of drug-likeness (QED) is 0.482. The Balaban J connectivity index is 2.34. The molecule has 1 unspecified atom stereocenters. The average molecular weight is 132 g/mol. The van der Waals surface area contributed by atoms with Crippen LogP contribution in [0.3, 0.4) is 0 Å². The monoisotopic (exact) mass is 132 g/mol. The summed E-state index contributed by atoms with van der Waals surface area (Å²) in [5.41, 5.74) is 0. The fourth-order valence-corrected chi connectivity index (χ4v) is 1.09. The molecule has 1 heterocycles. The number of ether oxygens (including phenoxy) is 1. The zero-order chi connectivity index (χ0) is 6.85. The van der Waals surface area contributed by atoms with Gasteiger partial charge in [-0.1, -0.05) is 0 Å². The first-order chi connectivity index (χ1) is 4.18. The van der Waals surface area contributed by atoms with Gasteiger partial charge in [-0.05, 0) is 13.3 Å². The van der Waals surface area contributed by atoms with E-state index >= 15 is 0 Å². The summed E-state index contributed by atoms with van der Waals surface area (Å²) in [5.74, 6) is 0. The van der Waals surface area contributed by atoms with Gasteiger partial charge in [-0.15, -0.1) is 0 Å².